The minimum atomic E-state index is 0.229. The second kappa shape index (κ2) is 3.77. The Morgan fingerprint density at radius 3 is 3.21 bits per heavy atom. The molecule has 0 bridgehead atoms. The van der Waals surface area contributed by atoms with E-state index in [-0.39, 0.29) is 11.8 Å². The van der Waals surface area contributed by atoms with Crippen molar-refractivity contribution in [2.24, 2.45) is 0 Å². The highest BCUT2D eigenvalue weighted by Crippen LogP contribution is 2.24. The molecule has 1 aromatic heterocycles. The van der Waals surface area contributed by atoms with Crippen LogP contribution in [0, 0.1) is 0 Å². The van der Waals surface area contributed by atoms with Gasteiger partial charge in [-0.05, 0) is 13.3 Å². The van der Waals surface area contributed by atoms with Crippen LogP contribution in [0.15, 0.2) is 10.9 Å². The fourth-order valence-corrected chi connectivity index (χ4v) is 1.79. The van der Waals surface area contributed by atoms with Gasteiger partial charge in [-0.25, -0.2) is 0 Å². The van der Waals surface area contributed by atoms with Gasteiger partial charge in [0.2, 0.25) is 12.3 Å². The summed E-state index contributed by atoms with van der Waals surface area (Å²) in [7, 11) is 0. The summed E-state index contributed by atoms with van der Waals surface area (Å²) < 4.78 is 4.70. The molecule has 1 aliphatic rings. The first kappa shape index (κ1) is 9.18. The van der Waals surface area contributed by atoms with Crippen molar-refractivity contribution in [1.29, 1.82) is 0 Å². The zero-order valence-corrected chi connectivity index (χ0v) is 8.14. The zero-order chi connectivity index (χ0) is 9.97. The number of likely N-dealkylation sites (tertiary alicyclic amines) is 1. The summed E-state index contributed by atoms with van der Waals surface area (Å²) in [5.41, 5.74) is 0. The van der Waals surface area contributed by atoms with Crippen LogP contribution in [0.4, 0.5) is 0 Å². The third kappa shape index (κ3) is 1.62. The Morgan fingerprint density at radius 1 is 1.71 bits per heavy atom. The lowest BCUT2D eigenvalue weighted by Crippen LogP contribution is -2.39. The zero-order valence-electron chi connectivity index (χ0n) is 8.14. The molecule has 0 aromatic carbocycles. The molecule has 0 N–H and O–H groups in total. The maximum atomic E-state index is 11.4. The van der Waals surface area contributed by atoms with E-state index in [1.807, 2.05) is 11.8 Å². The van der Waals surface area contributed by atoms with Crippen LogP contribution in [0.1, 0.15) is 31.5 Å². The molecule has 1 aliphatic heterocycles. The van der Waals surface area contributed by atoms with Crippen LogP contribution in [-0.2, 0) is 4.79 Å². The van der Waals surface area contributed by atoms with Gasteiger partial charge in [0.1, 0.15) is 0 Å². The van der Waals surface area contributed by atoms with E-state index < -0.39 is 0 Å². The fourth-order valence-electron chi connectivity index (χ4n) is 1.79. The van der Waals surface area contributed by atoms with Gasteiger partial charge in [0, 0.05) is 25.4 Å². The van der Waals surface area contributed by atoms with Crippen LogP contribution in [0.2, 0.25) is 0 Å². The minimum absolute atomic E-state index is 0.229. The Balaban J connectivity index is 2.06. The van der Waals surface area contributed by atoms with Crippen molar-refractivity contribution < 1.29 is 9.32 Å². The number of amides is 1. The standard InChI is InChI=1S/C9H13N3O2/c1-2-12-5-7(3-4-8(12)13)9-10-6-14-11-9/h6-7H,2-5H2,1H3/t7-/m1/s1. The number of carbonyl (C=O) groups is 1. The number of nitrogens with zero attached hydrogens (tertiary/aromatic N) is 3. The van der Waals surface area contributed by atoms with Crippen LogP contribution in [0.25, 0.3) is 0 Å². The van der Waals surface area contributed by atoms with Gasteiger partial charge in [0.25, 0.3) is 0 Å². The molecule has 0 radical (unpaired) electrons. The summed E-state index contributed by atoms with van der Waals surface area (Å²) in [5.74, 6) is 1.19. The van der Waals surface area contributed by atoms with Gasteiger partial charge in [-0.15, -0.1) is 0 Å². The molecule has 1 saturated heterocycles. The monoisotopic (exact) mass is 195 g/mol. The first-order chi connectivity index (χ1) is 6.81. The number of hydrogen-bond donors (Lipinski definition) is 0. The van der Waals surface area contributed by atoms with Gasteiger partial charge in [0.05, 0.1) is 0 Å². The minimum Gasteiger partial charge on any atom is -0.343 e. The van der Waals surface area contributed by atoms with E-state index in [4.69, 9.17) is 4.52 Å². The van der Waals surface area contributed by atoms with E-state index in [0.29, 0.717) is 6.42 Å². The first-order valence-corrected chi connectivity index (χ1v) is 4.85. The highest BCUT2D eigenvalue weighted by molar-refractivity contribution is 5.77. The Labute approximate surface area is 82.1 Å². The van der Waals surface area contributed by atoms with E-state index in [0.717, 1.165) is 25.3 Å². The Morgan fingerprint density at radius 2 is 2.57 bits per heavy atom. The van der Waals surface area contributed by atoms with Gasteiger partial charge in [-0.2, -0.15) is 4.98 Å². The summed E-state index contributed by atoms with van der Waals surface area (Å²) in [6, 6.07) is 0. The van der Waals surface area contributed by atoms with Gasteiger partial charge in [0.15, 0.2) is 5.82 Å². The third-order valence-electron chi connectivity index (χ3n) is 2.63. The SMILES string of the molecule is CCN1C[C@H](c2ncon2)CCC1=O. The van der Waals surface area contributed by atoms with Gasteiger partial charge < -0.3 is 9.42 Å². The predicted molar refractivity (Wildman–Crippen MR) is 48.5 cm³/mol. The fraction of sp³-hybridized carbons (Fsp3) is 0.667. The molecule has 1 aromatic rings. The molecule has 76 valence electrons. The van der Waals surface area contributed by atoms with Crippen molar-refractivity contribution in [2.45, 2.75) is 25.7 Å². The van der Waals surface area contributed by atoms with Crippen molar-refractivity contribution >= 4 is 5.91 Å². The lowest BCUT2D eigenvalue weighted by atomic mass is 9.97. The predicted octanol–water partition coefficient (Wildman–Crippen LogP) is 0.795. The van der Waals surface area contributed by atoms with Gasteiger partial charge in [-0.1, -0.05) is 5.16 Å². The average molecular weight is 195 g/mol. The summed E-state index contributed by atoms with van der Waals surface area (Å²) in [6.07, 6.45) is 2.75. The van der Waals surface area contributed by atoms with Gasteiger partial charge >= 0.3 is 0 Å². The summed E-state index contributed by atoms with van der Waals surface area (Å²) >= 11 is 0. The molecule has 2 rings (SSSR count). The normalized spacial score (nSPS) is 22.8. The Bertz CT molecular complexity index is 310. The van der Waals surface area contributed by atoms with Crippen LogP contribution in [0.3, 0.4) is 0 Å². The molecule has 5 nitrogen and oxygen atoms in total. The second-order valence-electron chi connectivity index (χ2n) is 3.46. The number of aromatic nitrogens is 2. The smallest absolute Gasteiger partial charge is 0.222 e. The van der Waals surface area contributed by atoms with Crippen LogP contribution in [0.5, 0.6) is 0 Å². The maximum absolute atomic E-state index is 11.4. The summed E-state index contributed by atoms with van der Waals surface area (Å²) in [6.45, 7) is 3.46. The summed E-state index contributed by atoms with van der Waals surface area (Å²) in [5, 5.41) is 3.81. The molecule has 1 amide bonds. The number of piperidine rings is 1. The van der Waals surface area contributed by atoms with Crippen LogP contribution >= 0.6 is 0 Å². The second-order valence-corrected chi connectivity index (χ2v) is 3.46. The first-order valence-electron chi connectivity index (χ1n) is 4.85. The topological polar surface area (TPSA) is 59.2 Å². The van der Waals surface area contributed by atoms with Crippen LogP contribution in [-0.4, -0.2) is 34.0 Å². The maximum Gasteiger partial charge on any atom is 0.222 e. The average Bonchev–Trinajstić information content (AvgIpc) is 2.71. The number of rotatable bonds is 2. The molecular formula is C9H13N3O2. The molecule has 0 unspecified atom stereocenters. The van der Waals surface area contributed by atoms with Gasteiger partial charge in [-0.3, -0.25) is 4.79 Å². The Hall–Kier alpha value is -1.39. The summed E-state index contributed by atoms with van der Waals surface area (Å²) in [4.78, 5) is 17.3. The molecule has 0 spiro atoms. The highest BCUT2D eigenvalue weighted by Gasteiger charge is 2.27. The third-order valence-corrected chi connectivity index (χ3v) is 2.63. The number of likely N-dealkylation sites (N-methyl/N-ethyl adjacent to an activating group) is 1. The molecule has 2 heterocycles. The highest BCUT2D eigenvalue weighted by atomic mass is 16.5. The lowest BCUT2D eigenvalue weighted by molar-refractivity contribution is -0.133. The lowest BCUT2D eigenvalue weighted by Gasteiger charge is -2.29. The largest absolute Gasteiger partial charge is 0.343 e. The van der Waals surface area contributed by atoms with Crippen molar-refractivity contribution in [3.05, 3.63) is 12.2 Å². The van der Waals surface area contributed by atoms with Crippen molar-refractivity contribution in [2.75, 3.05) is 13.1 Å². The molecular weight excluding hydrogens is 182 g/mol. The van der Waals surface area contributed by atoms with Crippen molar-refractivity contribution in [3.63, 3.8) is 0 Å². The molecule has 1 fully saturated rings. The van der Waals surface area contributed by atoms with E-state index in [2.05, 4.69) is 10.1 Å². The Kier molecular flexibility index (Phi) is 2.47. The van der Waals surface area contributed by atoms with Crippen molar-refractivity contribution in [1.82, 2.24) is 15.0 Å². The molecule has 14 heavy (non-hydrogen) atoms. The van der Waals surface area contributed by atoms with E-state index in [9.17, 15) is 4.79 Å². The number of hydrogen-bond acceptors (Lipinski definition) is 4. The molecule has 1 atom stereocenters. The quantitative estimate of drug-likeness (QED) is 0.700. The molecule has 0 saturated carbocycles. The van der Waals surface area contributed by atoms with Crippen molar-refractivity contribution in [3.8, 4) is 0 Å². The molecule has 0 aliphatic carbocycles. The van der Waals surface area contributed by atoms with E-state index in [1.165, 1.54) is 6.39 Å². The van der Waals surface area contributed by atoms with E-state index >= 15 is 0 Å². The van der Waals surface area contributed by atoms with E-state index in [1.54, 1.807) is 0 Å². The van der Waals surface area contributed by atoms with Crippen LogP contribution < -0.4 is 0 Å². The molecule has 5 heteroatoms. The number of carbonyl (C=O) groups excluding carboxylic acids is 1.